The van der Waals surface area contributed by atoms with E-state index in [1.54, 1.807) is 13.8 Å². The van der Waals surface area contributed by atoms with E-state index in [0.29, 0.717) is 12.1 Å². The molecule has 0 aliphatic carbocycles. The van der Waals surface area contributed by atoms with Crippen molar-refractivity contribution < 1.29 is 107 Å². The van der Waals surface area contributed by atoms with Gasteiger partial charge in [0.05, 0.1) is 62.2 Å². The van der Waals surface area contributed by atoms with E-state index in [9.17, 15) is 102 Å². The summed E-state index contributed by atoms with van der Waals surface area (Å²) in [7, 11) is 0. The van der Waals surface area contributed by atoms with Crippen LogP contribution in [0.4, 0.5) is 5.69 Å². The molecule has 0 spiro atoms. The van der Waals surface area contributed by atoms with Crippen LogP contribution in [-0.2, 0) is 81.5 Å². The number of carbonyl (C=O) groups is 18. The van der Waals surface area contributed by atoms with Crippen LogP contribution in [0.25, 0.3) is 0 Å². The number of Topliss-reactive ketones (excluding diaryl/α,β-unsaturated/α-hetero) is 2. The Morgan fingerprint density at radius 1 is 0.567 bits per heavy atom. The van der Waals surface area contributed by atoms with Crippen LogP contribution in [0.5, 0.6) is 0 Å². The van der Waals surface area contributed by atoms with Gasteiger partial charge in [-0.05, 0) is 89.5 Å². The zero-order valence-corrected chi connectivity index (χ0v) is 59.8. The number of benzene rings is 1. The second-order valence-corrected chi connectivity index (χ2v) is 27.0. The molecule has 12 atom stereocenters. The smallest absolute Gasteiger partial charge is 0.308 e. The Morgan fingerprint density at radius 2 is 1.12 bits per heavy atom. The summed E-state index contributed by atoms with van der Waals surface area (Å²) in [5.41, 5.74) is 5.85. The van der Waals surface area contributed by atoms with Gasteiger partial charge in [0.1, 0.15) is 36.3 Å². The first-order valence-corrected chi connectivity index (χ1v) is 35.5. The molecule has 1 aromatic rings. The number of hydrogen-bond acceptors (Lipinski definition) is 19. The zero-order chi connectivity index (χ0) is 77.5. The first-order valence-electron chi connectivity index (χ1n) is 35.5. The highest BCUT2D eigenvalue weighted by atomic mass is 16.4. The summed E-state index contributed by atoms with van der Waals surface area (Å²) in [5, 5.41) is 63.9. The monoisotopic (exact) mass is 1470 g/mol. The van der Waals surface area contributed by atoms with Crippen LogP contribution in [0.1, 0.15) is 187 Å². The number of fused-ring (bicyclic) bond motifs is 2. The van der Waals surface area contributed by atoms with Gasteiger partial charge in [-0.3, -0.25) is 86.3 Å². The number of nitrogens with two attached hydrogens (primary N) is 1. The molecular weight excluding hydrogens is 1360 g/mol. The predicted molar refractivity (Wildman–Crippen MR) is 370 cm³/mol. The molecule has 3 heterocycles. The average molecular weight is 1470 g/mol. The van der Waals surface area contributed by atoms with Crippen molar-refractivity contribution in [3.8, 4) is 0 Å². The summed E-state index contributed by atoms with van der Waals surface area (Å²) >= 11 is 0. The summed E-state index contributed by atoms with van der Waals surface area (Å²) < 4.78 is 0. The normalized spacial score (nSPS) is 23.4. The van der Waals surface area contributed by atoms with Gasteiger partial charge in [-0.2, -0.15) is 0 Å². The van der Waals surface area contributed by atoms with Gasteiger partial charge in [0, 0.05) is 62.6 Å². The highest BCUT2D eigenvalue weighted by molar-refractivity contribution is 6.03. The highest BCUT2D eigenvalue weighted by Crippen LogP contribution is 2.28. The molecule has 16 N–H and O–H groups in total. The van der Waals surface area contributed by atoms with E-state index in [0.717, 1.165) is 48.8 Å². The molecule has 0 aromatic heterocycles. The third-order valence-corrected chi connectivity index (χ3v) is 18.4. The number of carboxylic acids is 4. The Labute approximate surface area is 602 Å². The molecule has 12 amide bonds. The first-order chi connectivity index (χ1) is 49.2. The summed E-state index contributed by atoms with van der Waals surface area (Å²) in [4.78, 5) is 248. The molecule has 3 saturated heterocycles. The van der Waals surface area contributed by atoms with Gasteiger partial charge in [-0.1, -0.05) is 72.1 Å². The van der Waals surface area contributed by atoms with Crippen LogP contribution in [0.3, 0.4) is 0 Å². The number of rotatable bonds is 29. The minimum atomic E-state index is -2.06. The number of nitrogens with one attached hydrogen (secondary N) is 10. The minimum absolute atomic E-state index is 0.0175. The Hall–Kier alpha value is -9.96. The second-order valence-electron chi connectivity index (χ2n) is 27.0. The van der Waals surface area contributed by atoms with Crippen molar-refractivity contribution in [1.29, 1.82) is 0 Å². The molecule has 1 aromatic carbocycles. The fourth-order valence-electron chi connectivity index (χ4n) is 12.5. The lowest BCUT2D eigenvalue weighted by Gasteiger charge is -2.39. The Bertz CT molecular complexity index is 3280. The third kappa shape index (κ3) is 28.0. The fraction of sp³-hybridized carbons (Fsp3) is 0.652. The number of unbranched alkanes of at least 4 members (excludes halogenated alkanes) is 8. The van der Waals surface area contributed by atoms with E-state index in [4.69, 9.17) is 5.73 Å². The standard InChI is InChI=1S/C69H103N13O22/c1-7-8-9-10-11-12-13-14-15-21-51(85)75-43-24-22-41(23-25-43)62(96)77-45(33-56(91)92)49(83)32-44-39(5)74-64(98)48-20-18-29-82(48)68(102)58(37(2)3)79-66(100)60(40(6)73-52(86)26-27-70)78-54(88)36-72-63(97)46(34-57(93)94)76-53(87)35-71-61(95)42(31-55(89)90)30-50(84)59(38(4)69(103)104)80-65(99)47-19-16-17-28-81(47)67(44)101/h22-25,37-40,42,44-48,58-60H,7-21,26-36,70H2,1-6H3,(H,71,95)(H,72,97)(H,73,86)(H,74,98)(H,75,85)(H,76,87)(H,77,96)(H,78,88)(H,79,100)(H,80,99)(H,89,90)(H,91,92)(H,93,94)(H,103,104). The van der Waals surface area contributed by atoms with Crippen LogP contribution >= 0.6 is 0 Å². The van der Waals surface area contributed by atoms with Crippen molar-refractivity contribution in [3.05, 3.63) is 29.8 Å². The summed E-state index contributed by atoms with van der Waals surface area (Å²) in [6, 6.07) is -9.35. The van der Waals surface area contributed by atoms with E-state index >= 15 is 4.79 Å². The van der Waals surface area contributed by atoms with Gasteiger partial charge in [-0.25, -0.2) is 0 Å². The largest absolute Gasteiger partial charge is 0.481 e. The molecule has 0 saturated carbocycles. The molecule has 3 aliphatic rings. The number of anilines is 1. The lowest BCUT2D eigenvalue weighted by Crippen LogP contribution is -2.63. The van der Waals surface area contributed by atoms with Gasteiger partial charge in [0.2, 0.25) is 65.0 Å². The highest BCUT2D eigenvalue weighted by Gasteiger charge is 2.46. The number of amides is 12. The molecule has 576 valence electrons. The van der Waals surface area contributed by atoms with E-state index < -0.39 is 224 Å². The van der Waals surface area contributed by atoms with Crippen molar-refractivity contribution in [3.63, 3.8) is 0 Å². The number of piperidine rings is 1. The third-order valence-electron chi connectivity index (χ3n) is 18.4. The maximum absolute atomic E-state index is 15.5. The molecule has 3 aliphatic heterocycles. The van der Waals surface area contributed by atoms with Crippen LogP contribution in [-0.4, -0.2) is 224 Å². The summed E-state index contributed by atoms with van der Waals surface area (Å²) in [6.45, 7) is 6.25. The molecule has 3 fully saturated rings. The molecular formula is C69H103N13O22. The zero-order valence-electron chi connectivity index (χ0n) is 59.8. The van der Waals surface area contributed by atoms with Crippen molar-refractivity contribution >= 4 is 112 Å². The topological polar surface area (TPSA) is 541 Å². The van der Waals surface area contributed by atoms with Gasteiger partial charge < -0.3 is 89.1 Å². The lowest BCUT2D eigenvalue weighted by molar-refractivity contribution is -0.150. The summed E-state index contributed by atoms with van der Waals surface area (Å²) in [5.74, 6) is -27.0. The van der Waals surface area contributed by atoms with Crippen LogP contribution in [0, 0.1) is 23.7 Å². The number of hydrogen-bond donors (Lipinski definition) is 15. The van der Waals surface area contributed by atoms with Gasteiger partial charge >= 0.3 is 23.9 Å². The van der Waals surface area contributed by atoms with E-state index in [1.165, 1.54) is 57.4 Å². The Balaban J connectivity index is 1.80. The molecule has 0 radical (unpaired) electrons. The van der Waals surface area contributed by atoms with E-state index in [1.807, 2.05) is 0 Å². The van der Waals surface area contributed by atoms with Crippen molar-refractivity contribution in [2.45, 2.75) is 231 Å². The molecule has 0 bridgehead atoms. The first kappa shape index (κ1) is 86.4. The number of carboxylic acid groups (broad SMARTS) is 4. The molecule has 4 rings (SSSR count). The molecule has 12 unspecified atom stereocenters. The molecule has 35 heteroatoms. The number of nitrogens with zero attached hydrogens (tertiary/aromatic N) is 2. The lowest BCUT2D eigenvalue weighted by atomic mass is 9.87. The van der Waals surface area contributed by atoms with E-state index in [2.05, 4.69) is 60.1 Å². The second kappa shape index (κ2) is 43.2. The minimum Gasteiger partial charge on any atom is -0.481 e. The van der Waals surface area contributed by atoms with Crippen LogP contribution in [0.15, 0.2) is 24.3 Å². The van der Waals surface area contributed by atoms with Gasteiger partial charge in [0.25, 0.3) is 5.91 Å². The van der Waals surface area contributed by atoms with Crippen LogP contribution in [0.2, 0.25) is 0 Å². The quantitative estimate of drug-likeness (QED) is 0.0450. The number of aliphatic carboxylic acids is 4. The maximum Gasteiger partial charge on any atom is 0.308 e. The molecule has 35 nitrogen and oxygen atoms in total. The SMILES string of the molecule is CCCCCCCCCCCC(=O)Nc1ccc(C(=O)NC(CC(=O)O)C(=O)CC2C(=O)N3CCCCC3C(=O)NC(C(C)C(=O)O)C(=O)CC(CC(=O)O)C(=O)NCC(=O)NC(CC(=O)O)C(=O)NCC(=O)NC(C(C)NC(=O)CCN)C(=O)NC(C(C)C)C(=O)N3CCCC3C(=O)NC2C)cc1. The molecule has 104 heavy (non-hydrogen) atoms. The fourth-order valence-corrected chi connectivity index (χ4v) is 12.5. The maximum atomic E-state index is 15.5. The predicted octanol–water partition coefficient (Wildman–Crippen LogP) is -0.489. The van der Waals surface area contributed by atoms with Crippen molar-refractivity contribution in [2.24, 2.45) is 29.4 Å². The Kier molecular flexibility index (Phi) is 35.9. The van der Waals surface area contributed by atoms with Crippen molar-refractivity contribution in [1.82, 2.24) is 57.7 Å². The van der Waals surface area contributed by atoms with Gasteiger partial charge in [-0.15, -0.1) is 0 Å². The van der Waals surface area contributed by atoms with Crippen LogP contribution < -0.4 is 58.9 Å². The van der Waals surface area contributed by atoms with Gasteiger partial charge in [0.15, 0.2) is 11.6 Å². The summed E-state index contributed by atoms with van der Waals surface area (Å²) in [6.07, 6.45) is 4.57. The number of ketones is 2. The van der Waals surface area contributed by atoms with E-state index in [-0.39, 0.29) is 76.1 Å². The number of carbonyl (C=O) groups excluding carboxylic acids is 14. The average Bonchev–Trinajstić information content (AvgIpc) is 1.06. The Morgan fingerprint density at radius 3 is 1.71 bits per heavy atom. The van der Waals surface area contributed by atoms with Crippen molar-refractivity contribution in [2.75, 3.05) is 38.0 Å².